The number of nitrogens with zero attached hydrogens (tertiary/aromatic N) is 3. The van der Waals surface area contributed by atoms with Crippen LogP contribution in [0, 0.1) is 0 Å². The standard InChI is InChI=1S/C28H29ClN4O/c1-32-17-24(16-30-32)23-15-27(28(34)33(19-23)18-22-9-5-6-10-26(22)29)31-25-13-11-21(12-14-25)20-7-3-2-4-8-20/h2-10,15-17,19,21,25,31H,11-14,18H2,1H3. The first-order chi connectivity index (χ1) is 16.6. The Kier molecular flexibility index (Phi) is 6.54. The Labute approximate surface area is 205 Å². The van der Waals surface area contributed by atoms with Gasteiger partial charge in [0.25, 0.3) is 5.56 Å². The maximum absolute atomic E-state index is 13.5. The van der Waals surface area contributed by atoms with E-state index in [2.05, 4.69) is 40.7 Å². The van der Waals surface area contributed by atoms with Gasteiger partial charge in [-0.05, 0) is 54.9 Å². The minimum atomic E-state index is -0.0299. The van der Waals surface area contributed by atoms with Gasteiger partial charge in [0.1, 0.15) is 5.69 Å². The minimum Gasteiger partial charge on any atom is -0.378 e. The Balaban J connectivity index is 1.41. The largest absolute Gasteiger partial charge is 0.378 e. The lowest BCUT2D eigenvalue weighted by molar-refractivity contribution is 0.412. The van der Waals surface area contributed by atoms with E-state index < -0.39 is 0 Å². The van der Waals surface area contributed by atoms with Crippen LogP contribution >= 0.6 is 11.6 Å². The van der Waals surface area contributed by atoms with Crippen LogP contribution in [0.5, 0.6) is 0 Å². The molecule has 174 valence electrons. The van der Waals surface area contributed by atoms with Crippen molar-refractivity contribution < 1.29 is 0 Å². The molecule has 1 aliphatic rings. The van der Waals surface area contributed by atoms with Gasteiger partial charge in [0.15, 0.2) is 0 Å². The normalized spacial score (nSPS) is 18.1. The van der Waals surface area contributed by atoms with E-state index in [4.69, 9.17) is 11.6 Å². The first-order valence-electron chi connectivity index (χ1n) is 11.9. The maximum atomic E-state index is 13.5. The average molecular weight is 473 g/mol. The molecule has 1 fully saturated rings. The number of aryl methyl sites for hydroxylation is 1. The fourth-order valence-corrected chi connectivity index (χ4v) is 5.11. The first-order valence-corrected chi connectivity index (χ1v) is 12.2. The number of anilines is 1. The molecule has 1 saturated carbocycles. The van der Waals surface area contributed by atoms with Crippen molar-refractivity contribution in [2.24, 2.45) is 7.05 Å². The third-order valence-electron chi connectivity index (χ3n) is 6.78. The molecule has 0 bridgehead atoms. The number of nitrogens with one attached hydrogen (secondary N) is 1. The summed E-state index contributed by atoms with van der Waals surface area (Å²) in [5.41, 5.74) is 4.88. The molecule has 1 aliphatic carbocycles. The molecule has 5 rings (SSSR count). The van der Waals surface area contributed by atoms with Crippen LogP contribution < -0.4 is 10.9 Å². The van der Waals surface area contributed by atoms with E-state index >= 15 is 0 Å². The van der Waals surface area contributed by atoms with Crippen LogP contribution in [0.25, 0.3) is 11.1 Å². The highest BCUT2D eigenvalue weighted by molar-refractivity contribution is 6.31. The van der Waals surface area contributed by atoms with E-state index in [0.717, 1.165) is 42.4 Å². The molecular weight excluding hydrogens is 444 g/mol. The van der Waals surface area contributed by atoms with Gasteiger partial charge in [0, 0.05) is 41.6 Å². The van der Waals surface area contributed by atoms with Crippen LogP contribution in [0.2, 0.25) is 5.02 Å². The highest BCUT2D eigenvalue weighted by Crippen LogP contribution is 2.34. The highest BCUT2D eigenvalue weighted by Gasteiger charge is 2.23. The summed E-state index contributed by atoms with van der Waals surface area (Å²) >= 11 is 6.40. The van der Waals surface area contributed by atoms with Crippen molar-refractivity contribution in [3.8, 4) is 11.1 Å². The number of halogens is 1. The molecule has 2 aromatic carbocycles. The Morgan fingerprint density at radius 3 is 2.41 bits per heavy atom. The molecule has 0 amide bonds. The van der Waals surface area contributed by atoms with Crippen LogP contribution in [0.15, 0.2) is 84.0 Å². The Hall–Kier alpha value is -3.31. The summed E-state index contributed by atoms with van der Waals surface area (Å²) in [5, 5.41) is 8.56. The van der Waals surface area contributed by atoms with Crippen molar-refractivity contribution in [2.75, 3.05) is 5.32 Å². The fourth-order valence-electron chi connectivity index (χ4n) is 4.91. The predicted octanol–water partition coefficient (Wildman–Crippen LogP) is 6.09. The molecule has 0 aliphatic heterocycles. The van der Waals surface area contributed by atoms with Crippen molar-refractivity contribution in [2.45, 2.75) is 44.2 Å². The molecule has 2 aromatic heterocycles. The minimum absolute atomic E-state index is 0.0299. The van der Waals surface area contributed by atoms with Crippen molar-refractivity contribution in [3.63, 3.8) is 0 Å². The number of benzene rings is 2. The van der Waals surface area contributed by atoms with Crippen molar-refractivity contribution >= 4 is 17.3 Å². The van der Waals surface area contributed by atoms with Crippen LogP contribution in [0.4, 0.5) is 5.69 Å². The van der Waals surface area contributed by atoms with Gasteiger partial charge < -0.3 is 9.88 Å². The number of pyridine rings is 1. The van der Waals surface area contributed by atoms with Gasteiger partial charge in [-0.1, -0.05) is 60.1 Å². The second-order valence-corrected chi connectivity index (χ2v) is 9.58. The summed E-state index contributed by atoms with van der Waals surface area (Å²) in [6, 6.07) is 20.7. The van der Waals surface area contributed by atoms with Crippen LogP contribution in [0.1, 0.15) is 42.7 Å². The lowest BCUT2D eigenvalue weighted by atomic mass is 9.82. The molecule has 0 radical (unpaired) electrons. The van der Waals surface area contributed by atoms with Gasteiger partial charge in [-0.15, -0.1) is 0 Å². The molecular formula is C28H29ClN4O. The van der Waals surface area contributed by atoms with Crippen LogP contribution in [-0.4, -0.2) is 20.4 Å². The second kappa shape index (κ2) is 9.90. The molecule has 0 saturated heterocycles. The third kappa shape index (κ3) is 4.95. The lowest BCUT2D eigenvalue weighted by Gasteiger charge is -2.30. The topological polar surface area (TPSA) is 51.9 Å². The molecule has 2 heterocycles. The Morgan fingerprint density at radius 2 is 1.71 bits per heavy atom. The van der Waals surface area contributed by atoms with Gasteiger partial charge in [-0.25, -0.2) is 0 Å². The van der Waals surface area contributed by atoms with E-state index in [9.17, 15) is 4.79 Å². The zero-order chi connectivity index (χ0) is 23.5. The predicted molar refractivity (Wildman–Crippen MR) is 139 cm³/mol. The highest BCUT2D eigenvalue weighted by atomic mass is 35.5. The average Bonchev–Trinajstić information content (AvgIpc) is 3.30. The fraction of sp³-hybridized carbons (Fsp3) is 0.286. The summed E-state index contributed by atoms with van der Waals surface area (Å²) in [6.45, 7) is 0.419. The number of hydrogen-bond donors (Lipinski definition) is 1. The summed E-state index contributed by atoms with van der Waals surface area (Å²) in [5.74, 6) is 0.595. The molecule has 6 heteroatoms. The summed E-state index contributed by atoms with van der Waals surface area (Å²) in [6.07, 6.45) is 10.0. The van der Waals surface area contributed by atoms with Crippen molar-refractivity contribution in [1.29, 1.82) is 0 Å². The quantitative estimate of drug-likeness (QED) is 0.369. The van der Waals surface area contributed by atoms with Gasteiger partial charge >= 0.3 is 0 Å². The molecule has 34 heavy (non-hydrogen) atoms. The van der Waals surface area contributed by atoms with E-state index in [1.165, 1.54) is 5.56 Å². The Bertz CT molecular complexity index is 1320. The summed E-state index contributed by atoms with van der Waals surface area (Å²) < 4.78 is 3.53. The van der Waals surface area contributed by atoms with Crippen LogP contribution in [0.3, 0.4) is 0 Å². The van der Waals surface area contributed by atoms with Crippen molar-refractivity contribution in [3.05, 3.63) is 106 Å². The van der Waals surface area contributed by atoms with E-state index in [0.29, 0.717) is 23.2 Å². The molecule has 0 unspecified atom stereocenters. The van der Waals surface area contributed by atoms with Gasteiger partial charge in [0.05, 0.1) is 12.7 Å². The smallest absolute Gasteiger partial charge is 0.274 e. The van der Waals surface area contributed by atoms with Gasteiger partial charge in [-0.2, -0.15) is 5.10 Å². The number of hydrogen-bond acceptors (Lipinski definition) is 3. The summed E-state index contributed by atoms with van der Waals surface area (Å²) in [4.78, 5) is 13.5. The van der Waals surface area contributed by atoms with Crippen LogP contribution in [-0.2, 0) is 13.6 Å². The van der Waals surface area contributed by atoms with E-state index in [1.807, 2.05) is 56.0 Å². The SMILES string of the molecule is Cn1cc(-c2cc(NC3CCC(c4ccccc4)CC3)c(=O)n(Cc3ccccc3Cl)c2)cn1. The van der Waals surface area contributed by atoms with Gasteiger partial charge in [0.2, 0.25) is 0 Å². The number of aromatic nitrogens is 3. The molecule has 5 nitrogen and oxygen atoms in total. The third-order valence-corrected chi connectivity index (χ3v) is 7.15. The molecule has 1 N–H and O–H groups in total. The van der Waals surface area contributed by atoms with E-state index in [1.54, 1.807) is 9.25 Å². The zero-order valence-electron chi connectivity index (χ0n) is 19.3. The summed E-state index contributed by atoms with van der Waals surface area (Å²) in [7, 11) is 1.90. The molecule has 4 aromatic rings. The van der Waals surface area contributed by atoms with E-state index in [-0.39, 0.29) is 11.6 Å². The second-order valence-electron chi connectivity index (χ2n) is 9.17. The van der Waals surface area contributed by atoms with Crippen molar-refractivity contribution in [1.82, 2.24) is 14.3 Å². The zero-order valence-corrected chi connectivity index (χ0v) is 20.1. The molecule has 0 spiro atoms. The molecule has 0 atom stereocenters. The lowest BCUT2D eigenvalue weighted by Crippen LogP contribution is -2.31. The number of rotatable bonds is 6. The monoisotopic (exact) mass is 472 g/mol. The maximum Gasteiger partial charge on any atom is 0.274 e. The van der Waals surface area contributed by atoms with Gasteiger partial charge in [-0.3, -0.25) is 9.48 Å². The Morgan fingerprint density at radius 1 is 0.971 bits per heavy atom. The first kappa shape index (κ1) is 22.5.